The van der Waals surface area contributed by atoms with Crippen LogP contribution in [0, 0.1) is 11.7 Å². The molecule has 5 heteroatoms. The van der Waals surface area contributed by atoms with Gasteiger partial charge in [0.25, 0.3) is 0 Å². The van der Waals surface area contributed by atoms with E-state index in [-0.39, 0.29) is 5.82 Å². The molecule has 2 heterocycles. The molecule has 1 aliphatic heterocycles. The number of hydrogen-bond donors (Lipinski definition) is 0. The Kier molecular flexibility index (Phi) is 6.21. The summed E-state index contributed by atoms with van der Waals surface area (Å²) in [7, 11) is 4.14. The van der Waals surface area contributed by atoms with E-state index in [9.17, 15) is 4.39 Å². The van der Waals surface area contributed by atoms with Crippen molar-refractivity contribution in [2.45, 2.75) is 25.8 Å². The first-order valence-electron chi connectivity index (χ1n) is 9.22. The molecule has 1 unspecified atom stereocenters. The van der Waals surface area contributed by atoms with Gasteiger partial charge in [0.15, 0.2) is 0 Å². The molecule has 1 atom stereocenters. The summed E-state index contributed by atoms with van der Waals surface area (Å²) in [6.45, 7) is 5.25. The molecule has 3 rings (SSSR count). The molecule has 1 saturated heterocycles. The monoisotopic (exact) mass is 344 g/mol. The normalized spacial score (nSPS) is 18.8. The molecule has 136 valence electrons. The van der Waals surface area contributed by atoms with Gasteiger partial charge in [-0.3, -0.25) is 4.68 Å². The lowest BCUT2D eigenvalue weighted by Crippen LogP contribution is -2.40. The van der Waals surface area contributed by atoms with Gasteiger partial charge in [-0.25, -0.2) is 4.39 Å². The van der Waals surface area contributed by atoms with E-state index in [1.165, 1.54) is 18.4 Å². The Morgan fingerprint density at radius 1 is 1.32 bits per heavy atom. The van der Waals surface area contributed by atoms with Crippen LogP contribution in [0.3, 0.4) is 0 Å². The molecule has 0 spiro atoms. The number of aromatic nitrogens is 2. The lowest BCUT2D eigenvalue weighted by atomic mass is 9.97. The Morgan fingerprint density at radius 3 is 2.92 bits per heavy atom. The van der Waals surface area contributed by atoms with Crippen LogP contribution in [0.5, 0.6) is 0 Å². The Hall–Kier alpha value is -1.72. The number of benzene rings is 1. The Morgan fingerprint density at radius 2 is 2.16 bits per heavy atom. The first-order valence-corrected chi connectivity index (χ1v) is 9.22. The maximum Gasteiger partial charge on any atom is 0.126 e. The number of halogens is 1. The number of likely N-dealkylation sites (tertiary alicyclic amines) is 1. The highest BCUT2D eigenvalue weighted by Gasteiger charge is 2.21. The molecule has 1 aliphatic rings. The summed E-state index contributed by atoms with van der Waals surface area (Å²) >= 11 is 0. The van der Waals surface area contributed by atoms with Crippen LogP contribution in [0.4, 0.5) is 4.39 Å². The molecule has 4 nitrogen and oxygen atoms in total. The number of piperidine rings is 1. The number of hydrogen-bond acceptors (Lipinski definition) is 3. The number of rotatable bonds is 7. The van der Waals surface area contributed by atoms with Gasteiger partial charge >= 0.3 is 0 Å². The molecular formula is C20H29FN4. The first kappa shape index (κ1) is 18.1. The highest BCUT2D eigenvalue weighted by Crippen LogP contribution is 2.19. The highest BCUT2D eigenvalue weighted by molar-refractivity contribution is 5.17. The molecule has 1 aromatic heterocycles. The van der Waals surface area contributed by atoms with Crippen molar-refractivity contribution in [3.05, 3.63) is 53.6 Å². The Bertz CT molecular complexity index is 669. The Labute approximate surface area is 150 Å². The van der Waals surface area contributed by atoms with Gasteiger partial charge in [0.05, 0.1) is 6.20 Å². The fourth-order valence-corrected chi connectivity index (χ4v) is 3.85. The summed E-state index contributed by atoms with van der Waals surface area (Å²) in [6, 6.07) is 7.14. The molecule has 0 radical (unpaired) electrons. The van der Waals surface area contributed by atoms with E-state index in [0.717, 1.165) is 44.7 Å². The second-order valence-electron chi connectivity index (χ2n) is 7.37. The third kappa shape index (κ3) is 5.38. The van der Waals surface area contributed by atoms with E-state index < -0.39 is 0 Å². The lowest BCUT2D eigenvalue weighted by Gasteiger charge is -2.34. The van der Waals surface area contributed by atoms with E-state index in [0.29, 0.717) is 5.92 Å². The van der Waals surface area contributed by atoms with E-state index in [1.54, 1.807) is 12.1 Å². The summed E-state index contributed by atoms with van der Waals surface area (Å²) < 4.78 is 15.6. The average Bonchev–Trinajstić information content (AvgIpc) is 2.99. The van der Waals surface area contributed by atoms with E-state index in [2.05, 4.69) is 28.1 Å². The smallest absolute Gasteiger partial charge is 0.126 e. The zero-order valence-corrected chi connectivity index (χ0v) is 15.4. The fourth-order valence-electron chi connectivity index (χ4n) is 3.85. The topological polar surface area (TPSA) is 24.3 Å². The van der Waals surface area contributed by atoms with Gasteiger partial charge < -0.3 is 9.80 Å². The molecule has 1 aromatic carbocycles. The van der Waals surface area contributed by atoms with Crippen molar-refractivity contribution < 1.29 is 4.39 Å². The van der Waals surface area contributed by atoms with Crippen LogP contribution < -0.4 is 0 Å². The van der Waals surface area contributed by atoms with Crippen LogP contribution >= 0.6 is 0 Å². The molecule has 1 fully saturated rings. The van der Waals surface area contributed by atoms with Crippen molar-refractivity contribution in [1.82, 2.24) is 19.6 Å². The van der Waals surface area contributed by atoms with Gasteiger partial charge in [-0.1, -0.05) is 18.2 Å². The molecule has 2 aromatic rings. The van der Waals surface area contributed by atoms with Crippen molar-refractivity contribution in [2.24, 2.45) is 13.0 Å². The van der Waals surface area contributed by atoms with Crippen molar-refractivity contribution in [1.29, 1.82) is 0 Å². The summed E-state index contributed by atoms with van der Waals surface area (Å²) in [4.78, 5) is 4.89. The number of nitrogens with zero attached hydrogens (tertiary/aromatic N) is 4. The quantitative estimate of drug-likeness (QED) is 0.772. The van der Waals surface area contributed by atoms with Crippen molar-refractivity contribution in [3.63, 3.8) is 0 Å². The summed E-state index contributed by atoms with van der Waals surface area (Å²) in [5.41, 5.74) is 2.09. The molecule has 0 saturated carbocycles. The maximum absolute atomic E-state index is 13.8. The largest absolute Gasteiger partial charge is 0.303 e. The van der Waals surface area contributed by atoms with Gasteiger partial charge in [0.1, 0.15) is 5.82 Å². The van der Waals surface area contributed by atoms with Gasteiger partial charge in [0, 0.05) is 45.0 Å². The second-order valence-corrected chi connectivity index (χ2v) is 7.37. The van der Waals surface area contributed by atoms with E-state index in [4.69, 9.17) is 0 Å². The molecule has 0 aliphatic carbocycles. The SMILES string of the molecule is CN(Cc1cnn(C)c1)CC1CCCN(CCc2ccccc2F)C1. The standard InChI is InChI=1S/C20H29FN4/c1-23(14-18-12-22-24(2)15-18)13-17-6-5-10-25(16-17)11-9-19-7-3-4-8-20(19)21/h3-4,7-8,12,15,17H,5-6,9-11,13-14,16H2,1-2H3. The van der Waals surface area contributed by atoms with Crippen LogP contribution in [-0.4, -0.2) is 52.8 Å². The third-order valence-corrected chi connectivity index (χ3v) is 5.04. The molecular weight excluding hydrogens is 315 g/mol. The summed E-state index contributed by atoms with van der Waals surface area (Å²) in [5.74, 6) is 0.614. The summed E-state index contributed by atoms with van der Waals surface area (Å²) in [6.07, 6.45) is 7.34. The average molecular weight is 344 g/mol. The van der Waals surface area contributed by atoms with Crippen LogP contribution in [0.2, 0.25) is 0 Å². The zero-order chi connectivity index (χ0) is 17.6. The maximum atomic E-state index is 13.8. The van der Waals surface area contributed by atoms with Gasteiger partial charge in [0.2, 0.25) is 0 Å². The minimum absolute atomic E-state index is 0.0766. The minimum atomic E-state index is -0.0766. The zero-order valence-electron chi connectivity index (χ0n) is 15.4. The molecule has 25 heavy (non-hydrogen) atoms. The van der Waals surface area contributed by atoms with Gasteiger partial charge in [-0.05, 0) is 50.4 Å². The summed E-state index contributed by atoms with van der Waals surface area (Å²) in [5, 5.41) is 4.24. The molecule has 0 bridgehead atoms. The van der Waals surface area contributed by atoms with Crippen LogP contribution in [0.1, 0.15) is 24.0 Å². The lowest BCUT2D eigenvalue weighted by molar-refractivity contribution is 0.142. The van der Waals surface area contributed by atoms with Gasteiger partial charge in [-0.2, -0.15) is 5.10 Å². The first-order chi connectivity index (χ1) is 12.1. The predicted octanol–water partition coefficient (Wildman–Crippen LogP) is 2.95. The highest BCUT2D eigenvalue weighted by atomic mass is 19.1. The molecule has 0 amide bonds. The predicted molar refractivity (Wildman–Crippen MR) is 98.8 cm³/mol. The van der Waals surface area contributed by atoms with Crippen molar-refractivity contribution >= 4 is 0 Å². The third-order valence-electron chi connectivity index (χ3n) is 5.04. The minimum Gasteiger partial charge on any atom is -0.303 e. The van der Waals surface area contributed by atoms with E-state index >= 15 is 0 Å². The van der Waals surface area contributed by atoms with Crippen LogP contribution in [-0.2, 0) is 20.0 Å². The van der Waals surface area contributed by atoms with Crippen molar-refractivity contribution in [2.75, 3.05) is 33.2 Å². The Balaban J connectivity index is 1.45. The second kappa shape index (κ2) is 8.59. The van der Waals surface area contributed by atoms with Crippen LogP contribution in [0.25, 0.3) is 0 Å². The molecule has 0 N–H and O–H groups in total. The van der Waals surface area contributed by atoms with E-state index in [1.807, 2.05) is 30.1 Å². The van der Waals surface area contributed by atoms with Crippen molar-refractivity contribution in [3.8, 4) is 0 Å². The van der Waals surface area contributed by atoms with Crippen LogP contribution in [0.15, 0.2) is 36.7 Å². The number of aryl methyl sites for hydroxylation is 1. The fraction of sp³-hybridized carbons (Fsp3) is 0.550. The van der Waals surface area contributed by atoms with Gasteiger partial charge in [-0.15, -0.1) is 0 Å².